The van der Waals surface area contributed by atoms with Crippen molar-refractivity contribution in [2.45, 2.75) is 83.3 Å². The first-order valence-electron chi connectivity index (χ1n) is 10.6. The van der Waals surface area contributed by atoms with E-state index < -0.39 is 85.2 Å². The lowest BCUT2D eigenvalue weighted by molar-refractivity contribution is -0.150. The highest BCUT2D eigenvalue weighted by atomic mass is 28.4. The Morgan fingerprint density at radius 1 is 0.941 bits per heavy atom. The third kappa shape index (κ3) is 4.79. The van der Waals surface area contributed by atoms with Gasteiger partial charge < -0.3 is 14.3 Å². The maximum Gasteiger partial charge on any atom is 0.411 e. The van der Waals surface area contributed by atoms with Gasteiger partial charge in [0.15, 0.2) is 37.1 Å². The van der Waals surface area contributed by atoms with Gasteiger partial charge in [-0.05, 0) is 38.9 Å². The maximum atomic E-state index is 14.9. The number of rotatable bonds is 4. The molecule has 1 aliphatic rings. The predicted molar refractivity (Wildman–Crippen MR) is 115 cm³/mol. The van der Waals surface area contributed by atoms with Crippen LogP contribution < -0.4 is 0 Å². The summed E-state index contributed by atoms with van der Waals surface area (Å²) >= 11 is 0. The summed E-state index contributed by atoms with van der Waals surface area (Å²) in [6, 6.07) is 0. The lowest BCUT2D eigenvalue weighted by Gasteiger charge is -2.38. The number of aliphatic carboxylic acids is 1. The van der Waals surface area contributed by atoms with Crippen molar-refractivity contribution in [2.75, 3.05) is 6.54 Å². The molecular weight excluding hydrogens is 481 g/mol. The van der Waals surface area contributed by atoms with Crippen LogP contribution in [0.15, 0.2) is 0 Å². The van der Waals surface area contributed by atoms with Crippen LogP contribution in [0.1, 0.15) is 53.5 Å². The fraction of sp³-hybridized carbons (Fsp3) is 0.636. The van der Waals surface area contributed by atoms with Crippen LogP contribution in [0.5, 0.6) is 0 Å². The second kappa shape index (κ2) is 8.78. The molecule has 12 heteroatoms. The number of carboxylic acids is 1. The largest absolute Gasteiger partial charge is 0.479 e. The van der Waals surface area contributed by atoms with Gasteiger partial charge in [0.2, 0.25) is 5.82 Å². The van der Waals surface area contributed by atoms with Crippen LogP contribution in [-0.2, 0) is 19.5 Å². The van der Waals surface area contributed by atoms with Gasteiger partial charge in [-0.1, -0.05) is 20.8 Å². The van der Waals surface area contributed by atoms with Gasteiger partial charge in [-0.3, -0.25) is 4.90 Å². The van der Waals surface area contributed by atoms with E-state index in [1.54, 1.807) is 0 Å². The predicted octanol–water partition coefficient (Wildman–Crippen LogP) is 5.69. The van der Waals surface area contributed by atoms with Gasteiger partial charge in [0.25, 0.3) is 0 Å². The van der Waals surface area contributed by atoms with Crippen molar-refractivity contribution in [3.63, 3.8) is 0 Å². The molecule has 1 N–H and O–H groups in total. The summed E-state index contributed by atoms with van der Waals surface area (Å²) in [7, 11) is -2.60. The Bertz CT molecular complexity index is 976. The molecule has 0 spiro atoms. The molecule has 2 rings (SSSR count). The fourth-order valence-corrected chi connectivity index (χ4v) is 4.94. The van der Waals surface area contributed by atoms with Crippen LogP contribution in [0.4, 0.5) is 26.7 Å². The highest BCUT2D eigenvalue weighted by Crippen LogP contribution is 2.47. The summed E-state index contributed by atoms with van der Waals surface area (Å²) in [4.78, 5) is 26.1. The molecule has 1 saturated heterocycles. The zero-order chi connectivity index (χ0) is 26.6. The first-order valence-corrected chi connectivity index (χ1v) is 13.5. The van der Waals surface area contributed by atoms with Crippen LogP contribution in [0.25, 0.3) is 0 Å². The fourth-order valence-electron chi connectivity index (χ4n) is 3.60. The molecule has 1 fully saturated rings. The smallest absolute Gasteiger partial charge is 0.411 e. The Morgan fingerprint density at radius 3 is 1.76 bits per heavy atom. The van der Waals surface area contributed by atoms with Crippen molar-refractivity contribution in [3.8, 4) is 0 Å². The third-order valence-electron chi connectivity index (χ3n) is 6.23. The Labute approximate surface area is 196 Å². The molecule has 1 heterocycles. The van der Waals surface area contributed by atoms with Crippen molar-refractivity contribution in [3.05, 3.63) is 34.6 Å². The van der Waals surface area contributed by atoms with Crippen LogP contribution in [0.3, 0.4) is 0 Å². The molecule has 0 bridgehead atoms. The molecule has 2 atom stereocenters. The molecule has 0 aromatic heterocycles. The number of nitrogens with zero attached hydrogens (tertiary/aromatic N) is 1. The van der Waals surface area contributed by atoms with Crippen LogP contribution >= 0.6 is 0 Å². The minimum atomic E-state index is -2.96. The molecular formula is C22H30F5NO5Si. The number of hydrogen-bond donors (Lipinski definition) is 1. The van der Waals surface area contributed by atoms with Crippen molar-refractivity contribution >= 4 is 20.4 Å². The Hall–Kier alpha value is -2.21. The topological polar surface area (TPSA) is 76.1 Å². The minimum absolute atomic E-state index is 0.358. The first-order chi connectivity index (χ1) is 15.2. The molecule has 0 aliphatic carbocycles. The van der Waals surface area contributed by atoms with Gasteiger partial charge in [0.1, 0.15) is 5.60 Å². The summed E-state index contributed by atoms with van der Waals surface area (Å²) in [5, 5.41) is 9.79. The number of carboxylic acid groups (broad SMARTS) is 1. The number of halogens is 5. The zero-order valence-corrected chi connectivity index (χ0v) is 21.4. The van der Waals surface area contributed by atoms with Crippen molar-refractivity contribution in [1.82, 2.24) is 4.90 Å². The second-order valence-electron chi connectivity index (χ2n) is 10.9. The SMILES string of the molecule is CC(C)(C)OC(=O)N1C[C@@H](O[Si](C)(C)C(C)(C)C)C[C@@]1(C(=O)O)c1c(F)c(F)c(F)c(F)c1F. The quantitative estimate of drug-likeness (QED) is 0.243. The van der Waals surface area contributed by atoms with Crippen molar-refractivity contribution in [1.29, 1.82) is 0 Å². The zero-order valence-electron chi connectivity index (χ0n) is 20.4. The average Bonchev–Trinajstić information content (AvgIpc) is 3.02. The molecule has 192 valence electrons. The van der Waals surface area contributed by atoms with Crippen molar-refractivity contribution in [2.24, 2.45) is 0 Å². The van der Waals surface area contributed by atoms with E-state index in [-0.39, 0.29) is 5.04 Å². The Balaban J connectivity index is 2.79. The van der Waals surface area contributed by atoms with E-state index in [0.717, 1.165) is 0 Å². The van der Waals surface area contributed by atoms with Gasteiger partial charge in [0.05, 0.1) is 18.2 Å². The Kier molecular flexibility index (Phi) is 7.24. The molecule has 1 aromatic rings. The van der Waals surface area contributed by atoms with Gasteiger partial charge in [-0.15, -0.1) is 0 Å². The van der Waals surface area contributed by atoms with Gasteiger partial charge in [0, 0.05) is 6.42 Å². The van der Waals surface area contributed by atoms with E-state index in [2.05, 4.69) is 0 Å². The second-order valence-corrected chi connectivity index (χ2v) is 15.7. The average molecular weight is 512 g/mol. The normalized spacial score (nSPS) is 21.7. The first kappa shape index (κ1) is 28.0. The van der Waals surface area contributed by atoms with E-state index >= 15 is 0 Å². The summed E-state index contributed by atoms with van der Waals surface area (Å²) in [5.74, 6) is -13.7. The van der Waals surface area contributed by atoms with Gasteiger partial charge >= 0.3 is 12.1 Å². The van der Waals surface area contributed by atoms with E-state index in [4.69, 9.17) is 9.16 Å². The maximum absolute atomic E-state index is 14.9. The molecule has 0 saturated carbocycles. The third-order valence-corrected chi connectivity index (χ3v) is 10.8. The number of hydrogen-bond acceptors (Lipinski definition) is 4. The summed E-state index contributed by atoms with van der Waals surface area (Å²) < 4.78 is 83.1. The summed E-state index contributed by atoms with van der Waals surface area (Å²) in [6.45, 7) is 13.3. The van der Waals surface area contributed by atoms with Gasteiger partial charge in [-0.25, -0.2) is 31.5 Å². The van der Waals surface area contributed by atoms with E-state index in [1.807, 2.05) is 33.9 Å². The molecule has 1 aromatic carbocycles. The summed E-state index contributed by atoms with van der Waals surface area (Å²) in [5.41, 5.74) is -5.74. The number of carbonyl (C=O) groups is 2. The molecule has 1 aliphatic heterocycles. The number of benzene rings is 1. The monoisotopic (exact) mass is 511 g/mol. The standard InChI is InChI=1S/C22H30F5NO5Si/c1-20(2,3)32-19(31)28-10-11(33-34(7,8)21(4,5)6)9-22(28,18(29)30)12-13(23)15(25)17(27)16(26)14(12)24/h11H,9-10H2,1-8H3,(H,29,30)/t11-,22-/m0/s1. The van der Waals surface area contributed by atoms with E-state index in [9.17, 15) is 36.6 Å². The highest BCUT2D eigenvalue weighted by molar-refractivity contribution is 6.74. The number of ether oxygens (including phenoxy) is 1. The van der Waals surface area contributed by atoms with E-state index in [0.29, 0.717) is 4.90 Å². The van der Waals surface area contributed by atoms with E-state index in [1.165, 1.54) is 20.8 Å². The molecule has 0 radical (unpaired) electrons. The lowest BCUT2D eigenvalue weighted by atomic mass is 9.85. The molecule has 0 unspecified atom stereocenters. The highest BCUT2D eigenvalue weighted by Gasteiger charge is 2.61. The Morgan fingerprint density at radius 2 is 1.38 bits per heavy atom. The van der Waals surface area contributed by atoms with Crippen LogP contribution in [0.2, 0.25) is 18.1 Å². The molecule has 1 amide bonds. The van der Waals surface area contributed by atoms with Crippen molar-refractivity contribution < 1.29 is 45.8 Å². The lowest BCUT2D eigenvalue weighted by Crippen LogP contribution is -2.53. The number of amides is 1. The number of carbonyl (C=O) groups excluding carboxylic acids is 1. The van der Waals surface area contributed by atoms with Gasteiger partial charge in [-0.2, -0.15) is 0 Å². The van der Waals surface area contributed by atoms with Crippen LogP contribution in [0, 0.1) is 29.1 Å². The van der Waals surface area contributed by atoms with Crippen LogP contribution in [-0.4, -0.2) is 48.6 Å². The summed E-state index contributed by atoms with van der Waals surface area (Å²) in [6.07, 6.45) is -3.11. The minimum Gasteiger partial charge on any atom is -0.479 e. The molecule has 6 nitrogen and oxygen atoms in total. The number of likely N-dealkylation sites (tertiary alicyclic amines) is 1. The molecule has 34 heavy (non-hydrogen) atoms.